The molecule has 1 N–H and O–H groups in total. The van der Waals surface area contributed by atoms with Crippen LogP contribution in [0.4, 0.5) is 5.69 Å². The van der Waals surface area contributed by atoms with Gasteiger partial charge in [-0.25, -0.2) is 0 Å². The van der Waals surface area contributed by atoms with Gasteiger partial charge >= 0.3 is 5.69 Å². The van der Waals surface area contributed by atoms with Crippen LogP contribution in [0.1, 0.15) is 50.5 Å². The van der Waals surface area contributed by atoms with E-state index in [1.165, 1.54) is 57.6 Å². The molecule has 2 aliphatic heterocycles. The Morgan fingerprint density at radius 1 is 1.08 bits per heavy atom. The van der Waals surface area contributed by atoms with E-state index < -0.39 is 4.92 Å². The molecule has 6 nitrogen and oxygen atoms in total. The SMILES string of the molecule is O=[N+]([O-])c1cc(CN2CCN3CCCC3C2C2CCCCC2)ccc1O. The van der Waals surface area contributed by atoms with E-state index >= 15 is 0 Å². The molecule has 4 rings (SSSR count). The second-order valence-corrected chi connectivity index (χ2v) is 8.18. The zero-order valence-corrected chi connectivity index (χ0v) is 15.3. The number of aromatic hydroxyl groups is 1. The minimum absolute atomic E-state index is 0.184. The van der Waals surface area contributed by atoms with Crippen molar-refractivity contribution in [2.24, 2.45) is 5.92 Å². The maximum absolute atomic E-state index is 11.2. The highest BCUT2D eigenvalue weighted by atomic mass is 16.6. The smallest absolute Gasteiger partial charge is 0.311 e. The molecule has 26 heavy (non-hydrogen) atoms. The Labute approximate surface area is 154 Å². The summed E-state index contributed by atoms with van der Waals surface area (Å²) in [5.41, 5.74) is 0.748. The standard InChI is InChI=1S/C20H29N3O3/c24-19-9-8-15(13-18(19)23(25)26)14-22-12-11-21-10-4-7-17(21)20(22)16-5-2-1-3-6-16/h8-9,13,16-17,20,24H,1-7,10-12,14H2. The molecule has 0 aromatic heterocycles. The molecule has 3 fully saturated rings. The average Bonchev–Trinajstić information content (AvgIpc) is 3.12. The summed E-state index contributed by atoms with van der Waals surface area (Å²) in [6, 6.07) is 6.07. The third-order valence-electron chi connectivity index (χ3n) is 6.66. The minimum Gasteiger partial charge on any atom is -0.502 e. The molecule has 2 heterocycles. The van der Waals surface area contributed by atoms with E-state index in [-0.39, 0.29) is 11.4 Å². The fourth-order valence-corrected chi connectivity index (χ4v) is 5.49. The summed E-state index contributed by atoms with van der Waals surface area (Å²) in [5.74, 6) is 0.505. The van der Waals surface area contributed by atoms with Crippen molar-refractivity contribution in [3.63, 3.8) is 0 Å². The first kappa shape index (κ1) is 17.7. The highest BCUT2D eigenvalue weighted by molar-refractivity contribution is 5.47. The van der Waals surface area contributed by atoms with Crippen molar-refractivity contribution in [3.05, 3.63) is 33.9 Å². The number of phenolic OH excluding ortho intramolecular Hbond substituents is 1. The average molecular weight is 359 g/mol. The van der Waals surface area contributed by atoms with Crippen LogP contribution >= 0.6 is 0 Å². The van der Waals surface area contributed by atoms with Crippen molar-refractivity contribution in [2.45, 2.75) is 63.6 Å². The molecule has 0 bridgehead atoms. The maximum atomic E-state index is 11.2. The number of nitro groups is 1. The lowest BCUT2D eigenvalue weighted by Gasteiger charge is -2.49. The molecule has 0 spiro atoms. The van der Waals surface area contributed by atoms with E-state index in [1.54, 1.807) is 6.07 Å². The molecule has 1 aromatic carbocycles. The van der Waals surface area contributed by atoms with Crippen LogP contribution in [0.25, 0.3) is 0 Å². The number of nitro benzene ring substituents is 1. The lowest BCUT2D eigenvalue weighted by atomic mass is 9.78. The van der Waals surface area contributed by atoms with Crippen LogP contribution in [0.15, 0.2) is 18.2 Å². The van der Waals surface area contributed by atoms with E-state index in [9.17, 15) is 15.2 Å². The number of phenols is 1. The topological polar surface area (TPSA) is 69.9 Å². The summed E-state index contributed by atoms with van der Waals surface area (Å²) in [4.78, 5) is 15.9. The molecule has 1 aromatic rings. The van der Waals surface area contributed by atoms with Crippen molar-refractivity contribution >= 4 is 5.69 Å². The van der Waals surface area contributed by atoms with Gasteiger partial charge in [0.2, 0.25) is 0 Å². The van der Waals surface area contributed by atoms with Gasteiger partial charge in [0.25, 0.3) is 0 Å². The predicted molar refractivity (Wildman–Crippen MR) is 100 cm³/mol. The van der Waals surface area contributed by atoms with Crippen molar-refractivity contribution in [1.82, 2.24) is 9.80 Å². The third kappa shape index (κ3) is 3.45. The van der Waals surface area contributed by atoms with Crippen LogP contribution in [0, 0.1) is 16.0 Å². The van der Waals surface area contributed by atoms with Gasteiger partial charge in [-0.1, -0.05) is 25.3 Å². The number of fused-ring (bicyclic) bond motifs is 1. The molecule has 2 saturated heterocycles. The lowest BCUT2D eigenvalue weighted by Crippen LogP contribution is -2.59. The summed E-state index contributed by atoms with van der Waals surface area (Å²) < 4.78 is 0. The van der Waals surface area contributed by atoms with E-state index in [0.717, 1.165) is 31.1 Å². The first-order chi connectivity index (χ1) is 12.6. The zero-order valence-electron chi connectivity index (χ0n) is 15.3. The Hall–Kier alpha value is -1.66. The van der Waals surface area contributed by atoms with Gasteiger partial charge in [-0.15, -0.1) is 0 Å². The van der Waals surface area contributed by atoms with Crippen LogP contribution < -0.4 is 0 Å². The van der Waals surface area contributed by atoms with Crippen molar-refractivity contribution in [2.75, 3.05) is 19.6 Å². The molecular formula is C20H29N3O3. The Balaban J connectivity index is 1.57. The predicted octanol–water partition coefficient (Wildman–Crippen LogP) is 3.53. The molecule has 6 heteroatoms. The number of hydrogen-bond donors (Lipinski definition) is 1. The van der Waals surface area contributed by atoms with Gasteiger partial charge in [-0.05, 0) is 49.8 Å². The maximum Gasteiger partial charge on any atom is 0.311 e. The van der Waals surface area contributed by atoms with Crippen molar-refractivity contribution in [1.29, 1.82) is 0 Å². The van der Waals surface area contributed by atoms with E-state index in [0.29, 0.717) is 12.1 Å². The van der Waals surface area contributed by atoms with E-state index in [2.05, 4.69) is 9.80 Å². The Morgan fingerprint density at radius 3 is 2.65 bits per heavy atom. The summed E-state index contributed by atoms with van der Waals surface area (Å²) in [6.07, 6.45) is 9.27. The largest absolute Gasteiger partial charge is 0.502 e. The van der Waals surface area contributed by atoms with Gasteiger partial charge in [0.15, 0.2) is 5.75 Å². The summed E-state index contributed by atoms with van der Waals surface area (Å²) >= 11 is 0. The molecule has 142 valence electrons. The summed E-state index contributed by atoms with van der Waals surface area (Å²) in [6.45, 7) is 4.11. The molecule has 2 atom stereocenters. The summed E-state index contributed by atoms with van der Waals surface area (Å²) in [7, 11) is 0. The van der Waals surface area contributed by atoms with Gasteiger partial charge in [-0.3, -0.25) is 19.9 Å². The molecule has 0 amide bonds. The fourth-order valence-electron chi connectivity index (χ4n) is 5.49. The highest BCUT2D eigenvalue weighted by Crippen LogP contribution is 2.38. The van der Waals surface area contributed by atoms with Gasteiger partial charge in [0.05, 0.1) is 4.92 Å². The molecule has 1 saturated carbocycles. The number of rotatable bonds is 4. The fraction of sp³-hybridized carbons (Fsp3) is 0.700. The quantitative estimate of drug-likeness (QED) is 0.658. The number of nitrogens with zero attached hydrogens (tertiary/aromatic N) is 3. The Bertz CT molecular complexity index is 660. The minimum atomic E-state index is -0.494. The molecule has 0 radical (unpaired) electrons. The number of hydrogen-bond acceptors (Lipinski definition) is 5. The van der Waals surface area contributed by atoms with Crippen LogP contribution in [-0.2, 0) is 6.54 Å². The van der Waals surface area contributed by atoms with Crippen LogP contribution in [-0.4, -0.2) is 51.5 Å². The zero-order chi connectivity index (χ0) is 18.1. The van der Waals surface area contributed by atoms with E-state index in [4.69, 9.17) is 0 Å². The van der Waals surface area contributed by atoms with Gasteiger partial charge in [0, 0.05) is 37.8 Å². The highest BCUT2D eigenvalue weighted by Gasteiger charge is 2.42. The number of benzene rings is 1. The van der Waals surface area contributed by atoms with E-state index in [1.807, 2.05) is 6.07 Å². The van der Waals surface area contributed by atoms with Crippen molar-refractivity contribution in [3.8, 4) is 5.75 Å². The molecule has 2 unspecified atom stereocenters. The monoisotopic (exact) mass is 359 g/mol. The first-order valence-corrected chi connectivity index (χ1v) is 10.1. The molecular weight excluding hydrogens is 330 g/mol. The van der Waals surface area contributed by atoms with Crippen LogP contribution in [0.5, 0.6) is 5.75 Å². The molecule has 1 aliphatic carbocycles. The molecule has 3 aliphatic rings. The first-order valence-electron chi connectivity index (χ1n) is 10.1. The van der Waals surface area contributed by atoms with Gasteiger partial charge in [0.1, 0.15) is 0 Å². The normalized spacial score (nSPS) is 28.2. The number of piperazine rings is 1. The van der Waals surface area contributed by atoms with Gasteiger partial charge < -0.3 is 5.11 Å². The van der Waals surface area contributed by atoms with Gasteiger partial charge in [-0.2, -0.15) is 0 Å². The Morgan fingerprint density at radius 2 is 1.88 bits per heavy atom. The second-order valence-electron chi connectivity index (χ2n) is 8.18. The van der Waals surface area contributed by atoms with Crippen molar-refractivity contribution < 1.29 is 10.0 Å². The summed E-state index contributed by atoms with van der Waals surface area (Å²) in [5, 5.41) is 20.9. The lowest BCUT2D eigenvalue weighted by molar-refractivity contribution is -0.385. The Kier molecular flexibility index (Phi) is 5.14. The van der Waals surface area contributed by atoms with Crippen LogP contribution in [0.2, 0.25) is 0 Å². The third-order valence-corrected chi connectivity index (χ3v) is 6.66. The van der Waals surface area contributed by atoms with Crippen LogP contribution in [0.3, 0.4) is 0 Å². The second kappa shape index (κ2) is 7.53.